The molecule has 0 N–H and O–H groups in total. The van der Waals surface area contributed by atoms with Crippen LogP contribution in [0.2, 0.25) is 0 Å². The molecule has 9 heteroatoms. The van der Waals surface area contributed by atoms with E-state index in [1.807, 2.05) is 48.5 Å². The first kappa shape index (κ1) is 20.4. The molecule has 4 rings (SSSR count). The van der Waals surface area contributed by atoms with Gasteiger partial charge in [-0.25, -0.2) is 14.5 Å². The number of amides is 1. The Morgan fingerprint density at radius 1 is 1.00 bits per heavy atom. The molecule has 160 valence electrons. The molecule has 0 radical (unpaired) electrons. The number of nitrogens with zero attached hydrogens (tertiary/aromatic N) is 5. The van der Waals surface area contributed by atoms with Gasteiger partial charge in [-0.1, -0.05) is 24.3 Å². The highest BCUT2D eigenvalue weighted by atomic mass is 16.5. The predicted octanol–water partition coefficient (Wildman–Crippen LogP) is 1.78. The Morgan fingerprint density at radius 2 is 1.74 bits per heavy atom. The fourth-order valence-electron chi connectivity index (χ4n) is 3.37. The molecule has 3 aromatic rings. The van der Waals surface area contributed by atoms with Crippen molar-refractivity contribution in [1.29, 1.82) is 0 Å². The van der Waals surface area contributed by atoms with Crippen molar-refractivity contribution in [3.8, 4) is 11.4 Å². The molecule has 1 aliphatic rings. The highest BCUT2D eigenvalue weighted by Gasteiger charge is 2.25. The molecule has 1 fully saturated rings. The summed E-state index contributed by atoms with van der Waals surface area (Å²) >= 11 is 0. The number of benzene rings is 1. The summed E-state index contributed by atoms with van der Waals surface area (Å²) < 4.78 is 12.0. The van der Waals surface area contributed by atoms with Gasteiger partial charge in [-0.15, -0.1) is 0 Å². The van der Waals surface area contributed by atoms with Gasteiger partial charge in [-0.2, -0.15) is 5.10 Å². The number of esters is 1. The van der Waals surface area contributed by atoms with Crippen molar-refractivity contribution >= 4 is 17.7 Å². The summed E-state index contributed by atoms with van der Waals surface area (Å²) in [6, 6.07) is 15.1. The van der Waals surface area contributed by atoms with E-state index in [4.69, 9.17) is 9.47 Å². The Morgan fingerprint density at radius 3 is 2.42 bits per heavy atom. The fourth-order valence-corrected chi connectivity index (χ4v) is 3.37. The average Bonchev–Trinajstić information content (AvgIpc) is 3.28. The highest BCUT2D eigenvalue weighted by Crippen LogP contribution is 2.20. The molecule has 0 atom stereocenters. The maximum absolute atomic E-state index is 12.5. The van der Waals surface area contributed by atoms with Gasteiger partial charge in [0.1, 0.15) is 5.82 Å². The number of anilines is 1. The van der Waals surface area contributed by atoms with E-state index in [0.29, 0.717) is 26.2 Å². The third-order valence-electron chi connectivity index (χ3n) is 5.05. The van der Waals surface area contributed by atoms with Gasteiger partial charge in [-0.05, 0) is 24.3 Å². The smallest absolute Gasteiger partial charge is 0.363 e. The number of rotatable bonds is 6. The first-order valence-electron chi connectivity index (χ1n) is 9.95. The molecule has 0 spiro atoms. The lowest BCUT2D eigenvalue weighted by Gasteiger charge is -2.35. The molecule has 1 amide bonds. The molecular formula is C22H23N5O4. The number of piperazine rings is 1. The Hall–Kier alpha value is -3.88. The van der Waals surface area contributed by atoms with Gasteiger partial charge in [0.15, 0.2) is 12.4 Å². The second kappa shape index (κ2) is 9.29. The fraction of sp³-hybridized carbons (Fsp3) is 0.273. The molecule has 0 bridgehead atoms. The Balaban J connectivity index is 1.33. The average molecular weight is 421 g/mol. The summed E-state index contributed by atoms with van der Waals surface area (Å²) in [7, 11) is 1.45. The zero-order chi connectivity index (χ0) is 21.6. The van der Waals surface area contributed by atoms with Gasteiger partial charge in [-0.3, -0.25) is 4.79 Å². The molecule has 3 heterocycles. The molecular weight excluding hydrogens is 398 g/mol. The third-order valence-corrected chi connectivity index (χ3v) is 5.05. The largest absolute Gasteiger partial charge is 0.493 e. The van der Waals surface area contributed by atoms with Crippen LogP contribution in [0.25, 0.3) is 5.69 Å². The molecule has 0 aliphatic carbocycles. The Kier molecular flexibility index (Phi) is 6.11. The van der Waals surface area contributed by atoms with Crippen molar-refractivity contribution in [2.24, 2.45) is 0 Å². The first-order chi connectivity index (χ1) is 15.2. The second-order valence-corrected chi connectivity index (χ2v) is 6.96. The van der Waals surface area contributed by atoms with Gasteiger partial charge >= 0.3 is 5.97 Å². The number of aromatic nitrogens is 3. The third kappa shape index (κ3) is 4.66. The summed E-state index contributed by atoms with van der Waals surface area (Å²) in [6.45, 7) is 2.08. The number of hydrogen-bond acceptors (Lipinski definition) is 7. The van der Waals surface area contributed by atoms with Crippen LogP contribution >= 0.6 is 0 Å². The van der Waals surface area contributed by atoms with Crippen LogP contribution in [0.1, 0.15) is 10.5 Å². The lowest BCUT2D eigenvalue weighted by atomic mass is 10.3. The van der Waals surface area contributed by atoms with Gasteiger partial charge in [0.2, 0.25) is 5.69 Å². The van der Waals surface area contributed by atoms with E-state index >= 15 is 0 Å². The van der Waals surface area contributed by atoms with Crippen LogP contribution in [0.3, 0.4) is 0 Å². The summed E-state index contributed by atoms with van der Waals surface area (Å²) in [5, 5.41) is 4.26. The zero-order valence-corrected chi connectivity index (χ0v) is 17.2. The first-order valence-corrected chi connectivity index (χ1v) is 9.95. The van der Waals surface area contributed by atoms with E-state index in [2.05, 4.69) is 15.0 Å². The number of carbonyl (C=O) groups is 2. The molecule has 1 aromatic carbocycles. The van der Waals surface area contributed by atoms with Crippen molar-refractivity contribution in [2.75, 3.05) is 44.8 Å². The number of pyridine rings is 1. The maximum Gasteiger partial charge on any atom is 0.363 e. The minimum atomic E-state index is -0.702. The van der Waals surface area contributed by atoms with Crippen molar-refractivity contribution in [2.45, 2.75) is 0 Å². The van der Waals surface area contributed by atoms with Gasteiger partial charge in [0, 0.05) is 32.4 Å². The maximum atomic E-state index is 12.5. The van der Waals surface area contributed by atoms with E-state index in [0.717, 1.165) is 11.5 Å². The number of ether oxygens (including phenoxy) is 2. The lowest BCUT2D eigenvalue weighted by molar-refractivity contribution is -0.134. The molecule has 31 heavy (non-hydrogen) atoms. The Labute approximate surface area is 179 Å². The van der Waals surface area contributed by atoms with E-state index in [1.54, 1.807) is 17.3 Å². The van der Waals surface area contributed by atoms with E-state index in [1.165, 1.54) is 11.8 Å². The molecule has 0 unspecified atom stereocenters. The minimum Gasteiger partial charge on any atom is -0.493 e. The highest BCUT2D eigenvalue weighted by molar-refractivity contribution is 5.92. The second-order valence-electron chi connectivity index (χ2n) is 6.96. The van der Waals surface area contributed by atoms with Crippen molar-refractivity contribution in [3.05, 3.63) is 66.6 Å². The number of methoxy groups -OCH3 is 1. The predicted molar refractivity (Wildman–Crippen MR) is 113 cm³/mol. The molecule has 1 aliphatic heterocycles. The van der Waals surface area contributed by atoms with Crippen LogP contribution in [0, 0.1) is 0 Å². The summed E-state index contributed by atoms with van der Waals surface area (Å²) in [6.07, 6.45) is 3.35. The summed E-state index contributed by atoms with van der Waals surface area (Å²) in [4.78, 5) is 33.2. The monoisotopic (exact) mass is 421 g/mol. The molecule has 0 saturated carbocycles. The summed E-state index contributed by atoms with van der Waals surface area (Å²) in [5.41, 5.74) is 0.806. The lowest BCUT2D eigenvalue weighted by Crippen LogP contribution is -2.50. The van der Waals surface area contributed by atoms with Crippen LogP contribution < -0.4 is 9.64 Å². The quantitative estimate of drug-likeness (QED) is 0.561. The van der Waals surface area contributed by atoms with Crippen molar-refractivity contribution in [1.82, 2.24) is 19.7 Å². The van der Waals surface area contributed by atoms with E-state index < -0.39 is 5.97 Å². The van der Waals surface area contributed by atoms with E-state index in [9.17, 15) is 9.59 Å². The van der Waals surface area contributed by atoms with Crippen molar-refractivity contribution < 1.29 is 19.1 Å². The zero-order valence-electron chi connectivity index (χ0n) is 17.2. The normalized spacial score (nSPS) is 13.7. The van der Waals surface area contributed by atoms with Crippen LogP contribution in [-0.2, 0) is 9.53 Å². The summed E-state index contributed by atoms with van der Waals surface area (Å²) in [5.74, 6) is 0.231. The molecule has 1 saturated heterocycles. The van der Waals surface area contributed by atoms with Crippen molar-refractivity contribution in [3.63, 3.8) is 0 Å². The van der Waals surface area contributed by atoms with Gasteiger partial charge < -0.3 is 19.3 Å². The van der Waals surface area contributed by atoms with Gasteiger partial charge in [0.05, 0.1) is 19.0 Å². The Bertz CT molecular complexity index is 1030. The molecule has 9 nitrogen and oxygen atoms in total. The number of hydrogen-bond donors (Lipinski definition) is 0. The van der Waals surface area contributed by atoms with Crippen LogP contribution in [0.4, 0.5) is 5.82 Å². The van der Waals surface area contributed by atoms with Crippen LogP contribution in [0.5, 0.6) is 5.75 Å². The van der Waals surface area contributed by atoms with Gasteiger partial charge in [0.25, 0.3) is 5.91 Å². The minimum absolute atomic E-state index is 0.0270. The van der Waals surface area contributed by atoms with E-state index in [-0.39, 0.29) is 24.0 Å². The van der Waals surface area contributed by atoms with Crippen LogP contribution in [0.15, 0.2) is 60.9 Å². The van der Waals surface area contributed by atoms with Crippen LogP contribution in [-0.4, -0.2) is 71.4 Å². The molecule has 2 aromatic heterocycles. The standard InChI is InChI=1S/C22H23N5O4/c1-30-18-15-27(17-7-3-2-4-8-17)24-21(18)22(29)31-16-20(28)26-13-11-25(12-14-26)19-9-5-6-10-23-19/h2-10,15H,11-14,16H2,1H3. The SMILES string of the molecule is COc1cn(-c2ccccc2)nc1C(=O)OCC(=O)N1CCN(c2ccccn2)CC1. The number of para-hydroxylation sites is 1. The number of carbonyl (C=O) groups excluding carboxylic acids is 2. The topological polar surface area (TPSA) is 89.8 Å².